The molecule has 0 aromatic heterocycles. The summed E-state index contributed by atoms with van der Waals surface area (Å²) in [6.07, 6.45) is 1.10. The Balaban J connectivity index is 2.33. The van der Waals surface area contributed by atoms with E-state index in [1.54, 1.807) is 42.5 Å². The predicted molar refractivity (Wildman–Crippen MR) is 80.5 cm³/mol. The van der Waals surface area contributed by atoms with Gasteiger partial charge < -0.3 is 0 Å². The van der Waals surface area contributed by atoms with Gasteiger partial charge in [0.15, 0.2) is 0 Å². The molecule has 0 unspecified atom stereocenters. The van der Waals surface area contributed by atoms with Gasteiger partial charge in [0.25, 0.3) is 5.24 Å². The maximum absolute atomic E-state index is 11.2. The van der Waals surface area contributed by atoms with E-state index >= 15 is 0 Å². The van der Waals surface area contributed by atoms with Gasteiger partial charge in [-0.25, -0.2) is 8.42 Å². The minimum Gasteiger partial charge on any atom is -0.284 e. The topological polar surface area (TPSA) is 63.2 Å². The van der Waals surface area contributed by atoms with Gasteiger partial charge in [0, 0.05) is 11.3 Å². The highest BCUT2D eigenvalue weighted by Crippen LogP contribution is 2.23. The summed E-state index contributed by atoms with van der Waals surface area (Å²) in [5.74, 6) is 0. The lowest BCUT2D eigenvalue weighted by Crippen LogP contribution is -2.09. The highest BCUT2D eigenvalue weighted by atomic mass is 35.5. The van der Waals surface area contributed by atoms with Gasteiger partial charge in [-0.3, -0.25) is 9.52 Å². The van der Waals surface area contributed by atoms with E-state index in [0.29, 0.717) is 11.3 Å². The summed E-state index contributed by atoms with van der Waals surface area (Å²) in [7, 11) is -3.31. The quantitative estimate of drug-likeness (QED) is 0.883. The van der Waals surface area contributed by atoms with E-state index in [1.807, 2.05) is 6.07 Å². The fourth-order valence-corrected chi connectivity index (χ4v) is 2.45. The molecule has 2 aromatic rings. The summed E-state index contributed by atoms with van der Waals surface area (Å²) in [6, 6.07) is 13.8. The molecule has 6 heteroatoms. The Labute approximate surface area is 122 Å². The van der Waals surface area contributed by atoms with Crippen LogP contribution in [-0.4, -0.2) is 19.9 Å². The summed E-state index contributed by atoms with van der Waals surface area (Å²) in [5, 5.41) is -0.510. The van der Waals surface area contributed by atoms with E-state index in [-0.39, 0.29) is 0 Å². The minimum atomic E-state index is -3.31. The maximum Gasteiger partial charge on any atom is 0.252 e. The lowest BCUT2D eigenvalue weighted by atomic mass is 10.0. The molecule has 0 saturated heterocycles. The minimum absolute atomic E-state index is 0.417. The molecule has 20 heavy (non-hydrogen) atoms. The van der Waals surface area contributed by atoms with Crippen LogP contribution in [0.5, 0.6) is 0 Å². The second-order valence-corrected chi connectivity index (χ2v) is 6.40. The van der Waals surface area contributed by atoms with Gasteiger partial charge in [0.05, 0.1) is 6.26 Å². The van der Waals surface area contributed by atoms with Crippen molar-refractivity contribution in [1.82, 2.24) is 0 Å². The Morgan fingerprint density at radius 2 is 1.70 bits per heavy atom. The molecule has 0 aliphatic rings. The van der Waals surface area contributed by atoms with E-state index in [2.05, 4.69) is 4.72 Å². The second kappa shape index (κ2) is 5.64. The highest BCUT2D eigenvalue weighted by molar-refractivity contribution is 7.92. The van der Waals surface area contributed by atoms with Crippen LogP contribution in [0.25, 0.3) is 11.1 Å². The number of anilines is 1. The van der Waals surface area contributed by atoms with Gasteiger partial charge in [0.1, 0.15) is 0 Å². The van der Waals surface area contributed by atoms with Crippen LogP contribution in [0.1, 0.15) is 10.4 Å². The first-order chi connectivity index (χ1) is 9.35. The standard InChI is InChI=1S/C14H12ClNO3S/c1-20(18,19)16-13-4-2-3-12(9-13)10-5-7-11(8-6-10)14(15)17/h2-9,16H,1H3. The molecule has 0 fully saturated rings. The van der Waals surface area contributed by atoms with E-state index in [1.165, 1.54) is 0 Å². The fourth-order valence-electron chi connectivity index (χ4n) is 1.77. The molecule has 2 aromatic carbocycles. The van der Waals surface area contributed by atoms with E-state index in [9.17, 15) is 13.2 Å². The normalized spacial score (nSPS) is 11.1. The average Bonchev–Trinajstić information content (AvgIpc) is 2.37. The molecule has 0 heterocycles. The first-order valence-corrected chi connectivity index (χ1v) is 8.00. The first kappa shape index (κ1) is 14.6. The number of hydrogen-bond acceptors (Lipinski definition) is 3. The fraction of sp³-hybridized carbons (Fsp3) is 0.0714. The zero-order chi connectivity index (χ0) is 14.8. The van der Waals surface area contributed by atoms with Gasteiger partial charge in [0.2, 0.25) is 10.0 Å². The molecule has 1 N–H and O–H groups in total. The van der Waals surface area contributed by atoms with Crippen LogP contribution in [0.15, 0.2) is 48.5 Å². The van der Waals surface area contributed by atoms with Crippen LogP contribution in [0.4, 0.5) is 5.69 Å². The maximum atomic E-state index is 11.2. The molecule has 0 amide bonds. The van der Waals surface area contributed by atoms with E-state index < -0.39 is 15.3 Å². The van der Waals surface area contributed by atoms with Crippen molar-refractivity contribution >= 4 is 32.6 Å². The van der Waals surface area contributed by atoms with Crippen molar-refractivity contribution in [3.8, 4) is 11.1 Å². The summed E-state index contributed by atoms with van der Waals surface area (Å²) >= 11 is 5.38. The van der Waals surface area contributed by atoms with Crippen molar-refractivity contribution in [2.75, 3.05) is 11.0 Å². The summed E-state index contributed by atoms with van der Waals surface area (Å²) in [5.41, 5.74) is 2.61. The lowest BCUT2D eigenvalue weighted by molar-refractivity contribution is 0.108. The van der Waals surface area contributed by atoms with Crippen LogP contribution < -0.4 is 4.72 Å². The third kappa shape index (κ3) is 3.82. The SMILES string of the molecule is CS(=O)(=O)Nc1cccc(-c2ccc(C(=O)Cl)cc2)c1. The molecule has 104 valence electrons. The van der Waals surface area contributed by atoms with Gasteiger partial charge >= 0.3 is 0 Å². The van der Waals surface area contributed by atoms with Crippen LogP contribution in [0.2, 0.25) is 0 Å². The number of carbonyl (C=O) groups is 1. The van der Waals surface area contributed by atoms with Crippen molar-refractivity contribution in [3.63, 3.8) is 0 Å². The third-order valence-electron chi connectivity index (χ3n) is 2.61. The monoisotopic (exact) mass is 309 g/mol. The van der Waals surface area contributed by atoms with Gasteiger partial charge in [-0.1, -0.05) is 24.3 Å². The van der Waals surface area contributed by atoms with Crippen LogP contribution >= 0.6 is 11.6 Å². The summed E-state index contributed by atoms with van der Waals surface area (Å²) < 4.78 is 24.8. The highest BCUT2D eigenvalue weighted by Gasteiger charge is 2.05. The van der Waals surface area contributed by atoms with Crippen molar-refractivity contribution < 1.29 is 13.2 Å². The van der Waals surface area contributed by atoms with E-state index in [0.717, 1.165) is 17.4 Å². The Morgan fingerprint density at radius 1 is 1.05 bits per heavy atom. The smallest absolute Gasteiger partial charge is 0.252 e. The zero-order valence-electron chi connectivity index (χ0n) is 10.6. The molecule has 0 aliphatic heterocycles. The Morgan fingerprint density at radius 3 is 2.25 bits per heavy atom. The average molecular weight is 310 g/mol. The lowest BCUT2D eigenvalue weighted by Gasteiger charge is -2.07. The number of hydrogen-bond donors (Lipinski definition) is 1. The number of sulfonamides is 1. The molecule has 2 rings (SSSR count). The molecular formula is C14H12ClNO3S. The number of benzene rings is 2. The molecule has 4 nitrogen and oxygen atoms in total. The third-order valence-corrected chi connectivity index (χ3v) is 3.44. The Bertz CT molecular complexity index is 739. The summed E-state index contributed by atoms with van der Waals surface area (Å²) in [4.78, 5) is 11.0. The summed E-state index contributed by atoms with van der Waals surface area (Å²) in [6.45, 7) is 0. The predicted octanol–water partition coefficient (Wildman–Crippen LogP) is 3.10. The van der Waals surface area contributed by atoms with Gasteiger partial charge in [-0.15, -0.1) is 0 Å². The molecule has 0 spiro atoms. The Kier molecular flexibility index (Phi) is 4.11. The van der Waals surface area contributed by atoms with Crippen LogP contribution in [-0.2, 0) is 10.0 Å². The second-order valence-electron chi connectivity index (χ2n) is 4.31. The van der Waals surface area contributed by atoms with Gasteiger partial charge in [-0.2, -0.15) is 0 Å². The van der Waals surface area contributed by atoms with Crippen LogP contribution in [0.3, 0.4) is 0 Å². The Hall–Kier alpha value is -1.85. The molecule has 0 radical (unpaired) electrons. The molecule has 0 bridgehead atoms. The van der Waals surface area contributed by atoms with Crippen molar-refractivity contribution in [2.45, 2.75) is 0 Å². The molecule has 0 saturated carbocycles. The number of halogens is 1. The number of rotatable bonds is 4. The first-order valence-electron chi connectivity index (χ1n) is 5.73. The molecular weight excluding hydrogens is 298 g/mol. The molecule has 0 aliphatic carbocycles. The largest absolute Gasteiger partial charge is 0.284 e. The van der Waals surface area contributed by atoms with Gasteiger partial charge in [-0.05, 0) is 47.0 Å². The van der Waals surface area contributed by atoms with E-state index in [4.69, 9.17) is 11.6 Å². The molecule has 0 atom stereocenters. The number of carbonyl (C=O) groups excluding carboxylic acids is 1. The van der Waals surface area contributed by atoms with Crippen molar-refractivity contribution in [1.29, 1.82) is 0 Å². The zero-order valence-corrected chi connectivity index (χ0v) is 12.2. The van der Waals surface area contributed by atoms with Crippen LogP contribution in [0, 0.1) is 0 Å². The number of nitrogens with one attached hydrogen (secondary N) is 1. The van der Waals surface area contributed by atoms with Crippen molar-refractivity contribution in [2.24, 2.45) is 0 Å². The van der Waals surface area contributed by atoms with Crippen molar-refractivity contribution in [3.05, 3.63) is 54.1 Å².